The zero-order chi connectivity index (χ0) is 25.3. The van der Waals surface area contributed by atoms with Crippen molar-refractivity contribution in [1.82, 2.24) is 9.97 Å². The van der Waals surface area contributed by atoms with Crippen LogP contribution < -0.4 is 15.8 Å². The standard InChI is InChI=1S/C24H29ClF2N4O3/c1-13(15-8-16(10-17(28)9-15)24(26,27)23(3,4)32)29-22-18-11-21(34-7-6-33-5)19(25)12-20(18)30-14(2)31-22/h8-13,32H,6-7,28H2,1-5H3,(H,29,30,31)/t13-/m1/s1. The number of methoxy groups -OCH3 is 1. The highest BCUT2D eigenvalue weighted by Gasteiger charge is 2.47. The second-order valence-electron chi connectivity index (χ2n) is 8.65. The van der Waals surface area contributed by atoms with Gasteiger partial charge in [0.05, 0.1) is 23.2 Å². The number of anilines is 2. The number of rotatable bonds is 9. The number of nitrogen functional groups attached to an aromatic ring is 1. The van der Waals surface area contributed by atoms with Crippen LogP contribution in [0.2, 0.25) is 5.02 Å². The minimum atomic E-state index is -3.50. The molecule has 184 valence electrons. The highest BCUT2D eigenvalue weighted by molar-refractivity contribution is 6.32. The second-order valence-corrected chi connectivity index (χ2v) is 9.06. The summed E-state index contributed by atoms with van der Waals surface area (Å²) < 4.78 is 40.3. The van der Waals surface area contributed by atoms with Gasteiger partial charge in [-0.3, -0.25) is 0 Å². The number of hydrogen-bond acceptors (Lipinski definition) is 7. The molecule has 0 radical (unpaired) electrons. The number of hydrogen-bond donors (Lipinski definition) is 3. The van der Waals surface area contributed by atoms with Gasteiger partial charge < -0.3 is 25.6 Å². The van der Waals surface area contributed by atoms with Gasteiger partial charge in [0, 0.05) is 23.7 Å². The molecule has 0 amide bonds. The lowest BCUT2D eigenvalue weighted by atomic mass is 9.91. The average molecular weight is 495 g/mol. The van der Waals surface area contributed by atoms with Gasteiger partial charge in [-0.15, -0.1) is 0 Å². The fourth-order valence-corrected chi connectivity index (χ4v) is 3.66. The zero-order valence-electron chi connectivity index (χ0n) is 19.7. The van der Waals surface area contributed by atoms with Crippen molar-refractivity contribution < 1.29 is 23.4 Å². The van der Waals surface area contributed by atoms with Crippen LogP contribution in [0.5, 0.6) is 5.75 Å². The molecule has 0 spiro atoms. The molecule has 34 heavy (non-hydrogen) atoms. The summed E-state index contributed by atoms with van der Waals surface area (Å²) in [6, 6.07) is 7.07. The Morgan fingerprint density at radius 1 is 1.15 bits per heavy atom. The fourth-order valence-electron chi connectivity index (χ4n) is 3.45. The van der Waals surface area contributed by atoms with Gasteiger partial charge in [0.15, 0.2) is 0 Å². The van der Waals surface area contributed by atoms with E-state index < -0.39 is 17.6 Å². The molecular formula is C24H29ClF2N4O3. The molecule has 1 heterocycles. The third kappa shape index (κ3) is 5.48. The molecule has 3 aromatic rings. The number of nitrogens with zero attached hydrogens (tertiary/aromatic N) is 2. The van der Waals surface area contributed by atoms with Gasteiger partial charge >= 0.3 is 5.92 Å². The van der Waals surface area contributed by atoms with Crippen LogP contribution in [0.25, 0.3) is 10.9 Å². The third-order valence-electron chi connectivity index (χ3n) is 5.37. The summed E-state index contributed by atoms with van der Waals surface area (Å²) in [4.78, 5) is 8.94. The monoisotopic (exact) mass is 494 g/mol. The topological polar surface area (TPSA) is 103 Å². The Kier molecular flexibility index (Phi) is 7.50. The summed E-state index contributed by atoms with van der Waals surface area (Å²) in [7, 11) is 1.57. The number of aliphatic hydroxyl groups is 1. The van der Waals surface area contributed by atoms with E-state index in [4.69, 9.17) is 26.8 Å². The highest BCUT2D eigenvalue weighted by atomic mass is 35.5. The zero-order valence-corrected chi connectivity index (χ0v) is 20.5. The summed E-state index contributed by atoms with van der Waals surface area (Å²) >= 11 is 6.35. The molecule has 7 nitrogen and oxygen atoms in total. The van der Waals surface area contributed by atoms with E-state index in [-0.39, 0.29) is 11.3 Å². The van der Waals surface area contributed by atoms with E-state index in [1.165, 1.54) is 12.1 Å². The Morgan fingerprint density at radius 2 is 1.85 bits per heavy atom. The van der Waals surface area contributed by atoms with Gasteiger partial charge in [-0.05, 0) is 63.6 Å². The number of halogens is 3. The number of aromatic nitrogens is 2. The predicted molar refractivity (Wildman–Crippen MR) is 130 cm³/mol. The van der Waals surface area contributed by atoms with E-state index in [1.807, 2.05) is 0 Å². The van der Waals surface area contributed by atoms with Crippen LogP contribution in [0.4, 0.5) is 20.3 Å². The molecule has 2 aromatic carbocycles. The van der Waals surface area contributed by atoms with Crippen LogP contribution in [0.15, 0.2) is 30.3 Å². The number of alkyl halides is 2. The Morgan fingerprint density at radius 3 is 2.50 bits per heavy atom. The van der Waals surface area contributed by atoms with Crippen molar-refractivity contribution in [3.05, 3.63) is 52.3 Å². The van der Waals surface area contributed by atoms with Gasteiger partial charge in [0.2, 0.25) is 0 Å². The van der Waals surface area contributed by atoms with Gasteiger partial charge in [0.1, 0.15) is 29.6 Å². The van der Waals surface area contributed by atoms with Crippen molar-refractivity contribution in [1.29, 1.82) is 0 Å². The molecule has 0 aliphatic rings. The predicted octanol–water partition coefficient (Wildman–Crippen LogP) is 5.23. The molecule has 10 heteroatoms. The van der Waals surface area contributed by atoms with E-state index >= 15 is 0 Å². The largest absolute Gasteiger partial charge is 0.490 e. The Labute approximate surface area is 202 Å². The van der Waals surface area contributed by atoms with Gasteiger partial charge in [0.25, 0.3) is 0 Å². The van der Waals surface area contributed by atoms with Crippen molar-refractivity contribution in [2.45, 2.75) is 45.3 Å². The highest BCUT2D eigenvalue weighted by Crippen LogP contribution is 2.41. The Balaban J connectivity index is 2.00. The number of aryl methyl sites for hydroxylation is 1. The molecule has 1 atom stereocenters. The van der Waals surface area contributed by atoms with Crippen molar-refractivity contribution >= 4 is 34.0 Å². The van der Waals surface area contributed by atoms with E-state index in [2.05, 4.69) is 15.3 Å². The van der Waals surface area contributed by atoms with Gasteiger partial charge in [-0.25, -0.2) is 9.97 Å². The van der Waals surface area contributed by atoms with Crippen molar-refractivity contribution in [2.75, 3.05) is 31.4 Å². The molecule has 3 rings (SSSR count). The van der Waals surface area contributed by atoms with Gasteiger partial charge in [-0.2, -0.15) is 8.78 Å². The molecule has 0 aliphatic heterocycles. The smallest absolute Gasteiger partial charge is 0.300 e. The van der Waals surface area contributed by atoms with E-state index in [0.29, 0.717) is 52.1 Å². The normalized spacial score (nSPS) is 13.2. The van der Waals surface area contributed by atoms with Crippen LogP contribution in [-0.2, 0) is 10.7 Å². The summed E-state index contributed by atoms with van der Waals surface area (Å²) in [5.74, 6) is -2.06. The van der Waals surface area contributed by atoms with Crippen LogP contribution in [0, 0.1) is 6.92 Å². The molecule has 0 unspecified atom stereocenters. The molecule has 4 N–H and O–H groups in total. The first-order valence-electron chi connectivity index (χ1n) is 10.7. The first kappa shape index (κ1) is 25.9. The first-order valence-corrected chi connectivity index (χ1v) is 11.1. The quantitative estimate of drug-likeness (QED) is 0.276. The number of nitrogens with one attached hydrogen (secondary N) is 1. The van der Waals surface area contributed by atoms with Crippen LogP contribution in [0.1, 0.15) is 43.8 Å². The van der Waals surface area contributed by atoms with Crippen molar-refractivity contribution in [2.24, 2.45) is 0 Å². The van der Waals surface area contributed by atoms with E-state index in [0.717, 1.165) is 13.8 Å². The van der Waals surface area contributed by atoms with Crippen LogP contribution in [0.3, 0.4) is 0 Å². The summed E-state index contributed by atoms with van der Waals surface area (Å²) in [5.41, 5.74) is 4.58. The maximum Gasteiger partial charge on any atom is 0.300 e. The summed E-state index contributed by atoms with van der Waals surface area (Å²) in [6.07, 6.45) is 0. The molecule has 1 aromatic heterocycles. The molecule has 0 fully saturated rings. The van der Waals surface area contributed by atoms with Gasteiger partial charge in [-0.1, -0.05) is 11.6 Å². The number of fused-ring (bicyclic) bond motifs is 1. The minimum Gasteiger partial charge on any atom is -0.490 e. The minimum absolute atomic E-state index is 0.161. The van der Waals surface area contributed by atoms with Crippen molar-refractivity contribution in [3.63, 3.8) is 0 Å². The Bertz CT molecular complexity index is 1190. The lowest BCUT2D eigenvalue weighted by Crippen LogP contribution is -2.40. The average Bonchev–Trinajstić information content (AvgIpc) is 2.73. The number of benzene rings is 2. The van der Waals surface area contributed by atoms with Crippen molar-refractivity contribution in [3.8, 4) is 5.75 Å². The molecule has 0 bridgehead atoms. The first-order chi connectivity index (χ1) is 15.8. The molecule has 0 aliphatic carbocycles. The lowest BCUT2D eigenvalue weighted by Gasteiger charge is -2.30. The van der Waals surface area contributed by atoms with E-state index in [1.54, 1.807) is 39.2 Å². The maximum atomic E-state index is 14.8. The summed E-state index contributed by atoms with van der Waals surface area (Å²) in [5, 5.41) is 14.3. The second kappa shape index (κ2) is 9.85. The number of nitrogens with two attached hydrogens (primary N) is 1. The number of ether oxygens (including phenoxy) is 2. The van der Waals surface area contributed by atoms with Crippen LogP contribution >= 0.6 is 11.6 Å². The lowest BCUT2D eigenvalue weighted by molar-refractivity contribution is -0.168. The SMILES string of the molecule is COCCOc1cc2c(N[C@H](C)c3cc(N)cc(C(F)(F)C(C)(C)O)c3)nc(C)nc2cc1Cl. The Hall–Kier alpha value is -2.75. The molecule has 0 saturated heterocycles. The fraction of sp³-hybridized carbons (Fsp3) is 0.417. The van der Waals surface area contributed by atoms with Crippen LogP contribution in [-0.4, -0.2) is 41.0 Å². The molecular weight excluding hydrogens is 466 g/mol. The molecule has 0 saturated carbocycles. The maximum absolute atomic E-state index is 14.8. The third-order valence-corrected chi connectivity index (χ3v) is 5.66. The van der Waals surface area contributed by atoms with E-state index in [9.17, 15) is 13.9 Å². The summed E-state index contributed by atoms with van der Waals surface area (Å²) in [6.45, 7) is 6.38.